The molecule has 0 saturated heterocycles. The first-order valence-corrected chi connectivity index (χ1v) is 5.36. The molecule has 0 aliphatic rings. The molecule has 0 heterocycles. The summed E-state index contributed by atoms with van der Waals surface area (Å²) in [6, 6.07) is 2.33. The first-order chi connectivity index (χ1) is 6.38. The van der Waals surface area contributed by atoms with E-state index in [9.17, 15) is 12.8 Å². The van der Waals surface area contributed by atoms with Gasteiger partial charge in [0, 0.05) is 0 Å². The minimum Gasteiger partial charge on any atom is -0.396 e. The molecular formula is C8H11FN2O2S. The van der Waals surface area contributed by atoms with Crippen LogP contribution in [-0.2, 0) is 10.0 Å². The lowest BCUT2D eigenvalue weighted by atomic mass is 10.2. The summed E-state index contributed by atoms with van der Waals surface area (Å²) >= 11 is 0. The number of rotatable bonds is 2. The smallest absolute Gasteiger partial charge is 0.240 e. The molecule has 0 saturated carbocycles. The maximum atomic E-state index is 13.1. The Bertz CT molecular complexity index is 433. The summed E-state index contributed by atoms with van der Waals surface area (Å²) in [4.78, 5) is -0.0311. The van der Waals surface area contributed by atoms with Crippen LogP contribution in [-0.4, -0.2) is 15.5 Å². The van der Waals surface area contributed by atoms with Crippen molar-refractivity contribution in [1.29, 1.82) is 0 Å². The third-order valence-corrected chi connectivity index (χ3v) is 3.23. The molecule has 0 fully saturated rings. The monoisotopic (exact) mass is 218 g/mol. The van der Waals surface area contributed by atoms with E-state index in [0.717, 1.165) is 6.07 Å². The lowest BCUT2D eigenvalue weighted by Gasteiger charge is -2.06. The third-order valence-electron chi connectivity index (χ3n) is 1.84. The molecule has 0 atom stereocenters. The molecule has 3 N–H and O–H groups in total. The summed E-state index contributed by atoms with van der Waals surface area (Å²) < 4.78 is 37.8. The van der Waals surface area contributed by atoms with Crippen LogP contribution in [0.15, 0.2) is 17.0 Å². The lowest BCUT2D eigenvalue weighted by molar-refractivity contribution is 0.587. The van der Waals surface area contributed by atoms with Crippen molar-refractivity contribution in [3.8, 4) is 0 Å². The zero-order valence-electron chi connectivity index (χ0n) is 7.83. The van der Waals surface area contributed by atoms with E-state index in [1.54, 1.807) is 0 Å². The molecule has 0 aliphatic carbocycles. The van der Waals surface area contributed by atoms with Crippen molar-refractivity contribution in [2.75, 3.05) is 12.8 Å². The van der Waals surface area contributed by atoms with Crippen molar-refractivity contribution in [3.05, 3.63) is 23.5 Å². The van der Waals surface area contributed by atoms with Crippen LogP contribution in [0.3, 0.4) is 0 Å². The second kappa shape index (κ2) is 3.55. The third kappa shape index (κ3) is 1.85. The Morgan fingerprint density at radius 2 is 2.00 bits per heavy atom. The minimum absolute atomic E-state index is 0.0311. The largest absolute Gasteiger partial charge is 0.396 e. The fourth-order valence-corrected chi connectivity index (χ4v) is 1.89. The Morgan fingerprint density at radius 3 is 2.43 bits per heavy atom. The molecule has 0 radical (unpaired) electrons. The quantitative estimate of drug-likeness (QED) is 0.715. The second-order valence-electron chi connectivity index (χ2n) is 2.85. The topological polar surface area (TPSA) is 72.2 Å². The highest BCUT2D eigenvalue weighted by molar-refractivity contribution is 7.89. The zero-order chi connectivity index (χ0) is 10.9. The number of nitrogens with two attached hydrogens (primary N) is 1. The van der Waals surface area contributed by atoms with Gasteiger partial charge in [0.25, 0.3) is 0 Å². The van der Waals surface area contributed by atoms with Gasteiger partial charge in [0.05, 0.1) is 10.6 Å². The van der Waals surface area contributed by atoms with Crippen molar-refractivity contribution in [1.82, 2.24) is 4.72 Å². The van der Waals surface area contributed by atoms with Gasteiger partial charge in [-0.2, -0.15) is 0 Å². The van der Waals surface area contributed by atoms with Gasteiger partial charge in [-0.05, 0) is 31.7 Å². The fraction of sp³-hybridized carbons (Fsp3) is 0.250. The molecular weight excluding hydrogens is 207 g/mol. The van der Waals surface area contributed by atoms with Crippen LogP contribution in [0, 0.1) is 12.7 Å². The zero-order valence-corrected chi connectivity index (χ0v) is 8.65. The predicted molar refractivity (Wildman–Crippen MR) is 51.8 cm³/mol. The summed E-state index contributed by atoms with van der Waals surface area (Å²) in [5.41, 5.74) is 5.35. The number of aryl methyl sites for hydroxylation is 1. The summed E-state index contributed by atoms with van der Waals surface area (Å²) in [7, 11) is -2.27. The molecule has 0 spiro atoms. The molecule has 0 unspecified atom stereocenters. The lowest BCUT2D eigenvalue weighted by Crippen LogP contribution is -2.19. The van der Waals surface area contributed by atoms with E-state index in [0.29, 0.717) is 0 Å². The maximum Gasteiger partial charge on any atom is 0.240 e. The van der Waals surface area contributed by atoms with Crippen LogP contribution < -0.4 is 10.5 Å². The molecule has 78 valence electrons. The van der Waals surface area contributed by atoms with Crippen molar-refractivity contribution in [2.24, 2.45) is 0 Å². The van der Waals surface area contributed by atoms with Crippen LogP contribution in [0.4, 0.5) is 10.1 Å². The Balaban J connectivity index is 3.41. The average molecular weight is 218 g/mol. The summed E-state index contributed by atoms with van der Waals surface area (Å²) in [6.45, 7) is 1.46. The van der Waals surface area contributed by atoms with E-state index < -0.39 is 15.8 Å². The minimum atomic E-state index is -3.56. The number of nitrogens with one attached hydrogen (secondary N) is 1. The molecule has 14 heavy (non-hydrogen) atoms. The molecule has 6 heteroatoms. The Morgan fingerprint density at radius 1 is 1.43 bits per heavy atom. The number of hydrogen-bond acceptors (Lipinski definition) is 3. The molecule has 4 nitrogen and oxygen atoms in total. The predicted octanol–water partition coefficient (Wildman–Crippen LogP) is 0.624. The van der Waals surface area contributed by atoms with E-state index in [1.807, 2.05) is 0 Å². The molecule has 1 aromatic rings. The summed E-state index contributed by atoms with van der Waals surface area (Å²) in [5, 5.41) is 0. The summed E-state index contributed by atoms with van der Waals surface area (Å²) in [6.07, 6.45) is 0. The van der Waals surface area contributed by atoms with Crippen molar-refractivity contribution in [3.63, 3.8) is 0 Å². The second-order valence-corrected chi connectivity index (χ2v) is 4.74. The van der Waals surface area contributed by atoms with Gasteiger partial charge in [0.2, 0.25) is 10.0 Å². The number of sulfonamides is 1. The van der Waals surface area contributed by atoms with Crippen LogP contribution in [0.5, 0.6) is 0 Å². The number of anilines is 1. The van der Waals surface area contributed by atoms with Crippen LogP contribution >= 0.6 is 0 Å². The van der Waals surface area contributed by atoms with Gasteiger partial charge in [0.1, 0.15) is 5.82 Å². The Kier molecular flexibility index (Phi) is 2.77. The van der Waals surface area contributed by atoms with Gasteiger partial charge in [0.15, 0.2) is 0 Å². The van der Waals surface area contributed by atoms with Crippen molar-refractivity contribution in [2.45, 2.75) is 11.8 Å². The van der Waals surface area contributed by atoms with E-state index in [2.05, 4.69) is 4.72 Å². The van der Waals surface area contributed by atoms with Gasteiger partial charge < -0.3 is 5.73 Å². The van der Waals surface area contributed by atoms with Gasteiger partial charge >= 0.3 is 0 Å². The maximum absolute atomic E-state index is 13.1. The molecule has 1 rings (SSSR count). The van der Waals surface area contributed by atoms with E-state index in [-0.39, 0.29) is 16.1 Å². The van der Waals surface area contributed by atoms with E-state index >= 15 is 0 Å². The van der Waals surface area contributed by atoms with Crippen molar-refractivity contribution < 1.29 is 12.8 Å². The molecule has 1 aromatic carbocycles. The Hall–Kier alpha value is -1.14. The highest BCUT2D eigenvalue weighted by atomic mass is 32.2. The van der Waals surface area contributed by atoms with E-state index in [1.165, 1.54) is 20.0 Å². The SMILES string of the molecule is CNS(=O)(=O)c1cc(C)c(F)c(N)c1. The van der Waals surface area contributed by atoms with Gasteiger partial charge in [-0.15, -0.1) is 0 Å². The van der Waals surface area contributed by atoms with E-state index in [4.69, 9.17) is 5.73 Å². The van der Waals surface area contributed by atoms with Gasteiger partial charge in [-0.25, -0.2) is 17.5 Å². The molecule has 0 bridgehead atoms. The van der Waals surface area contributed by atoms with Gasteiger partial charge in [-0.3, -0.25) is 0 Å². The van der Waals surface area contributed by atoms with Crippen LogP contribution in [0.1, 0.15) is 5.56 Å². The average Bonchev–Trinajstić information content (AvgIpc) is 2.13. The van der Waals surface area contributed by atoms with Crippen molar-refractivity contribution >= 4 is 15.7 Å². The molecule has 0 amide bonds. The number of benzene rings is 1. The highest BCUT2D eigenvalue weighted by Gasteiger charge is 2.14. The first-order valence-electron chi connectivity index (χ1n) is 3.87. The Labute approximate surface area is 82.0 Å². The standard InChI is InChI=1S/C8H11FN2O2S/c1-5-3-6(14(12,13)11-2)4-7(10)8(5)9/h3-4,11H,10H2,1-2H3. The molecule has 0 aromatic heterocycles. The highest BCUT2D eigenvalue weighted by Crippen LogP contribution is 2.20. The number of hydrogen-bond donors (Lipinski definition) is 2. The fourth-order valence-electron chi connectivity index (χ4n) is 1.04. The van der Waals surface area contributed by atoms with Gasteiger partial charge in [-0.1, -0.05) is 0 Å². The summed E-state index contributed by atoms with van der Waals surface area (Å²) in [5.74, 6) is -0.583. The van der Waals surface area contributed by atoms with Crippen LogP contribution in [0.25, 0.3) is 0 Å². The normalized spacial score (nSPS) is 11.6. The number of nitrogen functional groups attached to an aromatic ring is 1. The first kappa shape index (κ1) is 10.9. The molecule has 0 aliphatic heterocycles. The number of halogens is 1. The van der Waals surface area contributed by atoms with Crippen LogP contribution in [0.2, 0.25) is 0 Å².